The second kappa shape index (κ2) is 5.92. The van der Waals surface area contributed by atoms with Gasteiger partial charge in [0.15, 0.2) is 0 Å². The van der Waals surface area contributed by atoms with Crippen molar-refractivity contribution in [2.24, 2.45) is 5.92 Å². The first-order valence-electron chi connectivity index (χ1n) is 8.05. The number of aromatic nitrogens is 3. The maximum absolute atomic E-state index is 12.6. The highest BCUT2D eigenvalue weighted by molar-refractivity contribution is 5.94. The van der Waals surface area contributed by atoms with Crippen LogP contribution in [0, 0.1) is 12.8 Å². The quantitative estimate of drug-likeness (QED) is 0.803. The Kier molecular flexibility index (Phi) is 3.61. The summed E-state index contributed by atoms with van der Waals surface area (Å²) in [5, 5.41) is 7.37. The average Bonchev–Trinajstić information content (AvgIpc) is 3.30. The summed E-state index contributed by atoms with van der Waals surface area (Å²) in [6, 6.07) is 13.7. The van der Waals surface area contributed by atoms with E-state index in [-0.39, 0.29) is 17.7 Å². The molecule has 2 aromatic heterocycles. The van der Waals surface area contributed by atoms with Gasteiger partial charge in [0, 0.05) is 24.4 Å². The van der Waals surface area contributed by atoms with E-state index in [1.54, 1.807) is 17.1 Å². The van der Waals surface area contributed by atoms with Crippen molar-refractivity contribution >= 4 is 11.7 Å². The van der Waals surface area contributed by atoms with Crippen molar-refractivity contribution in [2.45, 2.75) is 19.3 Å². The number of rotatable bonds is 4. The molecule has 0 bridgehead atoms. The summed E-state index contributed by atoms with van der Waals surface area (Å²) < 4.78 is 1.77. The number of carbonyl (C=O) groups excluding carboxylic acids is 1. The number of aryl methyl sites for hydroxylation is 1. The largest absolute Gasteiger partial charge is 0.310 e. The van der Waals surface area contributed by atoms with E-state index in [1.165, 1.54) is 0 Å². The molecule has 120 valence electrons. The third kappa shape index (κ3) is 2.69. The smallest absolute Gasteiger partial charge is 0.229 e. The van der Waals surface area contributed by atoms with E-state index in [0.29, 0.717) is 5.82 Å². The zero-order valence-electron chi connectivity index (χ0n) is 13.4. The Bertz CT molecular complexity index is 872. The van der Waals surface area contributed by atoms with Crippen molar-refractivity contribution in [1.82, 2.24) is 14.8 Å². The lowest BCUT2D eigenvalue weighted by Gasteiger charge is -2.11. The van der Waals surface area contributed by atoms with Crippen LogP contribution < -0.4 is 5.32 Å². The van der Waals surface area contributed by atoms with Gasteiger partial charge in [-0.2, -0.15) is 5.10 Å². The van der Waals surface area contributed by atoms with Crippen LogP contribution in [0.4, 0.5) is 5.82 Å². The van der Waals surface area contributed by atoms with Crippen molar-refractivity contribution in [3.63, 3.8) is 0 Å². The lowest BCUT2D eigenvalue weighted by molar-refractivity contribution is -0.117. The van der Waals surface area contributed by atoms with E-state index in [2.05, 4.69) is 15.4 Å². The van der Waals surface area contributed by atoms with Crippen molar-refractivity contribution in [1.29, 1.82) is 0 Å². The molecule has 0 radical (unpaired) electrons. The van der Waals surface area contributed by atoms with Gasteiger partial charge in [-0.05, 0) is 42.5 Å². The zero-order chi connectivity index (χ0) is 16.5. The molecule has 1 saturated carbocycles. The number of hydrogen-bond donors (Lipinski definition) is 1. The van der Waals surface area contributed by atoms with Crippen LogP contribution in [0.1, 0.15) is 23.5 Å². The van der Waals surface area contributed by atoms with Crippen LogP contribution in [0.3, 0.4) is 0 Å². The molecular weight excluding hydrogens is 300 g/mol. The molecule has 1 fully saturated rings. The Balaban J connectivity index is 1.51. The molecule has 0 aliphatic heterocycles. The minimum absolute atomic E-state index is 0.00872. The van der Waals surface area contributed by atoms with E-state index >= 15 is 0 Å². The van der Waals surface area contributed by atoms with Gasteiger partial charge in [-0.25, -0.2) is 4.68 Å². The van der Waals surface area contributed by atoms with E-state index in [4.69, 9.17) is 0 Å². The Labute approximate surface area is 140 Å². The van der Waals surface area contributed by atoms with Gasteiger partial charge in [0.2, 0.25) is 5.91 Å². The topological polar surface area (TPSA) is 59.8 Å². The Hall–Kier alpha value is -2.95. The summed E-state index contributed by atoms with van der Waals surface area (Å²) in [5.74, 6) is 1.02. The number of hydrogen-bond acceptors (Lipinski definition) is 3. The van der Waals surface area contributed by atoms with Gasteiger partial charge >= 0.3 is 0 Å². The maximum Gasteiger partial charge on any atom is 0.229 e. The first kappa shape index (κ1) is 14.6. The summed E-state index contributed by atoms with van der Waals surface area (Å²) in [6.45, 7) is 2.03. The lowest BCUT2D eigenvalue weighted by Crippen LogP contribution is -2.17. The van der Waals surface area contributed by atoms with Gasteiger partial charge in [-0.1, -0.05) is 24.3 Å². The van der Waals surface area contributed by atoms with Crippen LogP contribution in [0.15, 0.2) is 61.1 Å². The number of nitrogens with one attached hydrogen (secondary N) is 1. The molecular formula is C19H18N4O. The first-order valence-corrected chi connectivity index (χ1v) is 8.05. The summed E-state index contributed by atoms with van der Waals surface area (Å²) >= 11 is 0. The van der Waals surface area contributed by atoms with Gasteiger partial charge in [-0.3, -0.25) is 9.78 Å². The predicted molar refractivity (Wildman–Crippen MR) is 92.0 cm³/mol. The van der Waals surface area contributed by atoms with E-state index in [1.807, 2.05) is 55.6 Å². The van der Waals surface area contributed by atoms with Crippen LogP contribution in [-0.4, -0.2) is 20.7 Å². The molecule has 1 N–H and O–H groups in total. The molecule has 0 spiro atoms. The molecule has 1 aliphatic rings. The van der Waals surface area contributed by atoms with Gasteiger partial charge in [0.25, 0.3) is 0 Å². The zero-order valence-corrected chi connectivity index (χ0v) is 13.4. The molecule has 0 saturated heterocycles. The molecule has 5 nitrogen and oxygen atoms in total. The predicted octanol–water partition coefficient (Wildman–Crippen LogP) is 3.32. The molecule has 2 unspecified atom stereocenters. The SMILES string of the molecule is Cc1ccccc1-n1nccc1NC(=O)C1CC1c1cccnc1. The fraction of sp³-hybridized carbons (Fsp3) is 0.211. The molecule has 1 aliphatic carbocycles. The Morgan fingerprint density at radius 3 is 2.83 bits per heavy atom. The fourth-order valence-corrected chi connectivity index (χ4v) is 3.06. The van der Waals surface area contributed by atoms with Crippen LogP contribution in [0.2, 0.25) is 0 Å². The lowest BCUT2D eigenvalue weighted by atomic mass is 10.1. The number of carbonyl (C=O) groups is 1. The highest BCUT2D eigenvalue weighted by atomic mass is 16.2. The van der Waals surface area contributed by atoms with Crippen LogP contribution in [0.25, 0.3) is 5.69 Å². The monoisotopic (exact) mass is 318 g/mol. The van der Waals surface area contributed by atoms with Crippen molar-refractivity contribution < 1.29 is 4.79 Å². The van der Waals surface area contributed by atoms with E-state index < -0.39 is 0 Å². The molecule has 1 aromatic carbocycles. The van der Waals surface area contributed by atoms with Crippen LogP contribution >= 0.6 is 0 Å². The number of para-hydroxylation sites is 1. The van der Waals surface area contributed by atoms with Gasteiger partial charge in [-0.15, -0.1) is 0 Å². The first-order chi connectivity index (χ1) is 11.7. The van der Waals surface area contributed by atoms with Crippen LogP contribution in [-0.2, 0) is 4.79 Å². The maximum atomic E-state index is 12.6. The average molecular weight is 318 g/mol. The molecule has 3 aromatic rings. The minimum atomic E-state index is 0.00872. The number of nitrogens with zero attached hydrogens (tertiary/aromatic N) is 3. The molecule has 4 rings (SSSR count). The standard InChI is InChI=1S/C19H18N4O/c1-13-5-2-3-7-17(13)23-18(8-10-21-23)22-19(24)16-11-15(16)14-6-4-9-20-12-14/h2-10,12,15-16H,11H2,1H3,(H,22,24). The second-order valence-corrected chi connectivity index (χ2v) is 6.14. The third-order valence-electron chi connectivity index (χ3n) is 4.48. The van der Waals surface area contributed by atoms with Gasteiger partial charge in [0.1, 0.15) is 5.82 Å². The van der Waals surface area contributed by atoms with Gasteiger partial charge < -0.3 is 5.32 Å². The van der Waals surface area contributed by atoms with E-state index in [9.17, 15) is 4.79 Å². The summed E-state index contributed by atoms with van der Waals surface area (Å²) in [7, 11) is 0. The molecule has 5 heteroatoms. The van der Waals surface area contributed by atoms with Crippen LogP contribution in [0.5, 0.6) is 0 Å². The normalized spacial score (nSPS) is 19.0. The minimum Gasteiger partial charge on any atom is -0.310 e. The molecule has 24 heavy (non-hydrogen) atoms. The number of amides is 1. The molecule has 2 atom stereocenters. The fourth-order valence-electron chi connectivity index (χ4n) is 3.06. The van der Waals surface area contributed by atoms with Crippen molar-refractivity contribution in [3.8, 4) is 5.69 Å². The molecule has 2 heterocycles. The molecule has 1 amide bonds. The van der Waals surface area contributed by atoms with Crippen molar-refractivity contribution in [3.05, 3.63) is 72.2 Å². The highest BCUT2D eigenvalue weighted by Crippen LogP contribution is 2.47. The Morgan fingerprint density at radius 2 is 2.04 bits per heavy atom. The van der Waals surface area contributed by atoms with E-state index in [0.717, 1.165) is 23.2 Å². The number of anilines is 1. The highest BCUT2D eigenvalue weighted by Gasteiger charge is 2.44. The number of pyridine rings is 1. The summed E-state index contributed by atoms with van der Waals surface area (Å²) in [6.07, 6.45) is 6.17. The third-order valence-corrected chi connectivity index (χ3v) is 4.48. The van der Waals surface area contributed by atoms with Gasteiger partial charge in [0.05, 0.1) is 11.9 Å². The van der Waals surface area contributed by atoms with Crippen molar-refractivity contribution in [2.75, 3.05) is 5.32 Å². The summed E-state index contributed by atoms with van der Waals surface area (Å²) in [5.41, 5.74) is 3.21. The summed E-state index contributed by atoms with van der Waals surface area (Å²) in [4.78, 5) is 16.7. The Morgan fingerprint density at radius 1 is 1.17 bits per heavy atom. The number of benzene rings is 1. The second-order valence-electron chi connectivity index (χ2n) is 6.14.